The molecule has 0 bridgehead atoms. The molecule has 4 heteroatoms. The quantitative estimate of drug-likeness (QED) is 0.830. The van der Waals surface area contributed by atoms with Gasteiger partial charge in [0.05, 0.1) is 11.5 Å². The van der Waals surface area contributed by atoms with Crippen LogP contribution in [0.5, 0.6) is 0 Å². The Hall–Kier alpha value is -0.870. The minimum atomic E-state index is -2.71. The van der Waals surface area contributed by atoms with Gasteiger partial charge in [0.25, 0.3) is 0 Å². The Balaban J connectivity index is 1.84. The number of sulfone groups is 1. The zero-order valence-electron chi connectivity index (χ0n) is 8.73. The lowest BCUT2D eigenvalue weighted by Gasteiger charge is -2.26. The van der Waals surface area contributed by atoms with Crippen LogP contribution in [0.25, 0.3) is 0 Å². The highest BCUT2D eigenvalue weighted by Gasteiger charge is 2.32. The van der Waals surface area contributed by atoms with Crippen molar-refractivity contribution in [2.45, 2.75) is 19.5 Å². The van der Waals surface area contributed by atoms with Gasteiger partial charge in [-0.2, -0.15) is 0 Å². The number of nitrogens with one attached hydrogen (secondary N) is 1. The summed E-state index contributed by atoms with van der Waals surface area (Å²) in [5, 5.41) is 3.24. The van der Waals surface area contributed by atoms with E-state index < -0.39 is 9.84 Å². The summed E-state index contributed by atoms with van der Waals surface area (Å²) in [6.07, 6.45) is 0. The van der Waals surface area contributed by atoms with Crippen LogP contribution in [0.4, 0.5) is 0 Å². The van der Waals surface area contributed by atoms with Gasteiger partial charge in [0.2, 0.25) is 0 Å². The SMILES string of the molecule is Cc1cccc(CNC2CS(=O)(=O)C2)c1. The maximum absolute atomic E-state index is 10.9. The molecule has 2 rings (SSSR count). The normalized spacial score (nSPS) is 19.8. The van der Waals surface area contributed by atoms with Gasteiger partial charge in [0.1, 0.15) is 0 Å². The first-order valence-corrected chi connectivity index (χ1v) is 6.87. The molecule has 0 spiro atoms. The summed E-state index contributed by atoms with van der Waals surface area (Å²) < 4.78 is 21.8. The van der Waals surface area contributed by atoms with E-state index in [0.29, 0.717) is 11.5 Å². The van der Waals surface area contributed by atoms with E-state index >= 15 is 0 Å². The van der Waals surface area contributed by atoms with Crippen LogP contribution in [0, 0.1) is 6.92 Å². The lowest BCUT2D eigenvalue weighted by molar-refractivity contribution is 0.511. The Morgan fingerprint density at radius 3 is 2.73 bits per heavy atom. The second-order valence-electron chi connectivity index (χ2n) is 4.14. The molecular formula is C11H15NO2S. The van der Waals surface area contributed by atoms with Gasteiger partial charge >= 0.3 is 0 Å². The van der Waals surface area contributed by atoms with Crippen molar-refractivity contribution in [1.29, 1.82) is 0 Å². The van der Waals surface area contributed by atoms with E-state index in [0.717, 1.165) is 6.54 Å². The molecule has 0 amide bonds. The summed E-state index contributed by atoms with van der Waals surface area (Å²) in [6, 6.07) is 8.38. The lowest BCUT2D eigenvalue weighted by atomic mass is 10.1. The molecule has 0 aromatic heterocycles. The Morgan fingerprint density at radius 1 is 1.40 bits per heavy atom. The van der Waals surface area contributed by atoms with Crippen LogP contribution >= 0.6 is 0 Å². The fraction of sp³-hybridized carbons (Fsp3) is 0.455. The molecule has 1 saturated heterocycles. The Labute approximate surface area is 90.4 Å². The molecule has 3 nitrogen and oxygen atoms in total. The van der Waals surface area contributed by atoms with Crippen LogP contribution in [0.15, 0.2) is 24.3 Å². The second kappa shape index (κ2) is 3.94. The van der Waals surface area contributed by atoms with Crippen LogP contribution in [0.1, 0.15) is 11.1 Å². The monoisotopic (exact) mass is 225 g/mol. The topological polar surface area (TPSA) is 46.2 Å². The summed E-state index contributed by atoms with van der Waals surface area (Å²) in [7, 11) is -2.71. The van der Waals surface area contributed by atoms with E-state index in [4.69, 9.17) is 0 Å². The molecule has 1 fully saturated rings. The molecule has 0 unspecified atom stereocenters. The van der Waals surface area contributed by atoms with Gasteiger partial charge in [0, 0.05) is 12.6 Å². The van der Waals surface area contributed by atoms with E-state index in [-0.39, 0.29) is 6.04 Å². The summed E-state index contributed by atoms with van der Waals surface area (Å²) in [5.41, 5.74) is 2.44. The minimum absolute atomic E-state index is 0.149. The van der Waals surface area contributed by atoms with Crippen LogP contribution in [-0.2, 0) is 16.4 Å². The number of aryl methyl sites for hydroxylation is 1. The number of hydrogen-bond donors (Lipinski definition) is 1. The number of rotatable bonds is 3. The van der Waals surface area contributed by atoms with E-state index in [9.17, 15) is 8.42 Å². The highest BCUT2D eigenvalue weighted by molar-refractivity contribution is 7.92. The third-order valence-corrected chi connectivity index (χ3v) is 4.41. The third kappa shape index (κ3) is 2.79. The average Bonchev–Trinajstić information content (AvgIpc) is 2.11. The van der Waals surface area contributed by atoms with Crippen molar-refractivity contribution < 1.29 is 8.42 Å². The molecule has 0 saturated carbocycles. The molecule has 15 heavy (non-hydrogen) atoms. The van der Waals surface area contributed by atoms with E-state index in [2.05, 4.69) is 24.4 Å². The van der Waals surface area contributed by atoms with Crippen molar-refractivity contribution in [2.24, 2.45) is 0 Å². The fourth-order valence-corrected chi connectivity index (χ4v) is 3.13. The summed E-state index contributed by atoms with van der Waals surface area (Å²) >= 11 is 0. The zero-order valence-corrected chi connectivity index (χ0v) is 9.55. The van der Waals surface area contributed by atoms with E-state index in [1.54, 1.807) is 0 Å². The minimum Gasteiger partial charge on any atom is -0.308 e. The standard InChI is InChI=1S/C11H15NO2S/c1-9-3-2-4-10(5-9)6-12-11-7-15(13,14)8-11/h2-5,11-12H,6-8H2,1H3. The van der Waals surface area contributed by atoms with E-state index in [1.165, 1.54) is 11.1 Å². The maximum Gasteiger partial charge on any atom is 0.153 e. The zero-order chi connectivity index (χ0) is 10.9. The average molecular weight is 225 g/mol. The third-order valence-electron chi connectivity index (χ3n) is 2.59. The van der Waals surface area contributed by atoms with Crippen LogP contribution in [0.3, 0.4) is 0 Å². The van der Waals surface area contributed by atoms with Crippen LogP contribution < -0.4 is 5.32 Å². The molecule has 82 valence electrons. The summed E-state index contributed by atoms with van der Waals surface area (Å²) in [6.45, 7) is 2.80. The molecule has 1 N–H and O–H groups in total. The van der Waals surface area contributed by atoms with Crippen LogP contribution in [-0.4, -0.2) is 26.0 Å². The number of benzene rings is 1. The molecule has 1 heterocycles. The van der Waals surface area contributed by atoms with Gasteiger partial charge < -0.3 is 5.32 Å². The Kier molecular flexibility index (Phi) is 2.80. The van der Waals surface area contributed by atoms with Crippen molar-refractivity contribution in [3.63, 3.8) is 0 Å². The first kappa shape index (κ1) is 10.6. The van der Waals surface area contributed by atoms with Crippen LogP contribution in [0.2, 0.25) is 0 Å². The molecule has 0 atom stereocenters. The molecule has 1 aromatic carbocycles. The fourth-order valence-electron chi connectivity index (χ4n) is 1.77. The predicted octanol–water partition coefficient (Wildman–Crippen LogP) is 0.882. The highest BCUT2D eigenvalue weighted by atomic mass is 32.2. The number of hydrogen-bond acceptors (Lipinski definition) is 3. The smallest absolute Gasteiger partial charge is 0.153 e. The predicted molar refractivity (Wildman–Crippen MR) is 60.5 cm³/mol. The van der Waals surface area contributed by atoms with Crippen molar-refractivity contribution >= 4 is 9.84 Å². The van der Waals surface area contributed by atoms with Gasteiger partial charge in [-0.25, -0.2) is 8.42 Å². The first-order valence-electron chi connectivity index (χ1n) is 5.04. The largest absolute Gasteiger partial charge is 0.308 e. The van der Waals surface area contributed by atoms with Crippen molar-refractivity contribution in [1.82, 2.24) is 5.32 Å². The van der Waals surface area contributed by atoms with Gasteiger partial charge in [-0.3, -0.25) is 0 Å². The lowest BCUT2D eigenvalue weighted by Crippen LogP contribution is -2.50. The van der Waals surface area contributed by atoms with Gasteiger partial charge in [-0.1, -0.05) is 29.8 Å². The Bertz CT molecular complexity index is 441. The molecular weight excluding hydrogens is 210 g/mol. The molecule has 0 radical (unpaired) electrons. The molecule has 0 aliphatic carbocycles. The van der Waals surface area contributed by atoms with Crippen molar-refractivity contribution in [3.8, 4) is 0 Å². The Morgan fingerprint density at radius 2 is 2.13 bits per heavy atom. The van der Waals surface area contributed by atoms with E-state index in [1.807, 2.05) is 12.1 Å². The van der Waals surface area contributed by atoms with Crippen molar-refractivity contribution in [3.05, 3.63) is 35.4 Å². The van der Waals surface area contributed by atoms with Crippen molar-refractivity contribution in [2.75, 3.05) is 11.5 Å². The molecule has 1 aliphatic heterocycles. The molecule has 1 aliphatic rings. The molecule has 1 aromatic rings. The summed E-state index contributed by atoms with van der Waals surface area (Å²) in [5.74, 6) is 0.581. The highest BCUT2D eigenvalue weighted by Crippen LogP contribution is 2.11. The van der Waals surface area contributed by atoms with Gasteiger partial charge in [-0.05, 0) is 12.5 Å². The van der Waals surface area contributed by atoms with Gasteiger partial charge in [0.15, 0.2) is 9.84 Å². The second-order valence-corrected chi connectivity index (χ2v) is 6.30. The summed E-state index contributed by atoms with van der Waals surface area (Å²) in [4.78, 5) is 0. The maximum atomic E-state index is 10.9. The first-order chi connectivity index (χ1) is 7.05. The van der Waals surface area contributed by atoms with Gasteiger partial charge in [-0.15, -0.1) is 0 Å².